The van der Waals surface area contributed by atoms with Gasteiger partial charge in [0.25, 0.3) is 20.2 Å². The molecule has 1 aliphatic carbocycles. The second-order valence-corrected chi connectivity index (χ2v) is 15.6. The second kappa shape index (κ2) is 13.2. The van der Waals surface area contributed by atoms with Crippen LogP contribution in [0.3, 0.4) is 0 Å². The zero-order valence-electron chi connectivity index (χ0n) is 27.5. The van der Waals surface area contributed by atoms with Crippen molar-refractivity contribution in [1.82, 2.24) is 0 Å². The molecule has 11 nitrogen and oxygen atoms in total. The minimum absolute atomic E-state index is 0.0281. The minimum atomic E-state index is -4.78. The molecule has 0 saturated carbocycles. The van der Waals surface area contributed by atoms with Crippen LogP contribution < -0.4 is 0 Å². The number of aryl methyl sites for hydroxylation is 1. The summed E-state index contributed by atoms with van der Waals surface area (Å²) in [6.45, 7) is 3.47. The Balaban J connectivity index is 1.66. The summed E-state index contributed by atoms with van der Waals surface area (Å²) in [5.41, 5.74) is 3.35. The van der Waals surface area contributed by atoms with Crippen LogP contribution in [0.2, 0.25) is 0 Å². The molecule has 264 valence electrons. The molecule has 6 N–H and O–H groups in total. The maximum absolute atomic E-state index is 12.4. The standard InChI is InChI=1S/C38H34O11S2/c1-3-34(39)22-6-4-21(5-7-22)23-10-26-14-30-18-32(50(44,45)46)16-28(37(30)42)12-24-8-20(2)9-25(35(24)40)13-29-17-33(51(47,48)49)19-31(38(29)43)15-27(11-23)36(26)41/h4-11,16-19,40-43H,3,12-15H2,1-2H3,(H,44,45,46)(H,47,48,49). The number of carbonyl (C=O) groups excluding carboxylic acids is 1. The highest BCUT2D eigenvalue weighted by Gasteiger charge is 2.25. The lowest BCUT2D eigenvalue weighted by Crippen LogP contribution is -2.06. The maximum atomic E-state index is 12.4. The predicted octanol–water partition coefficient (Wildman–Crippen LogP) is 6.25. The Bertz CT molecular complexity index is 2330. The van der Waals surface area contributed by atoms with E-state index < -0.39 is 30.0 Å². The maximum Gasteiger partial charge on any atom is 0.294 e. The van der Waals surface area contributed by atoms with Crippen LogP contribution in [0.1, 0.15) is 73.8 Å². The van der Waals surface area contributed by atoms with E-state index >= 15 is 0 Å². The van der Waals surface area contributed by atoms with E-state index in [2.05, 4.69) is 0 Å². The number of aromatic hydroxyl groups is 4. The summed E-state index contributed by atoms with van der Waals surface area (Å²) in [5.74, 6) is -1.29. The number of hydrogen-bond donors (Lipinski definition) is 6. The highest BCUT2D eigenvalue weighted by molar-refractivity contribution is 7.86. The van der Waals surface area contributed by atoms with Crippen LogP contribution in [0.15, 0.2) is 82.6 Å². The van der Waals surface area contributed by atoms with Crippen molar-refractivity contribution in [2.24, 2.45) is 0 Å². The van der Waals surface area contributed by atoms with Crippen molar-refractivity contribution in [3.8, 4) is 34.1 Å². The smallest absolute Gasteiger partial charge is 0.294 e. The highest BCUT2D eigenvalue weighted by atomic mass is 32.2. The zero-order chi connectivity index (χ0) is 37.0. The van der Waals surface area contributed by atoms with Gasteiger partial charge in [0.1, 0.15) is 23.0 Å². The van der Waals surface area contributed by atoms with Gasteiger partial charge in [0, 0.05) is 59.9 Å². The Kier molecular flexibility index (Phi) is 9.19. The fourth-order valence-electron chi connectivity index (χ4n) is 6.57. The lowest BCUT2D eigenvalue weighted by Gasteiger charge is -2.19. The molecule has 51 heavy (non-hydrogen) atoms. The van der Waals surface area contributed by atoms with Gasteiger partial charge < -0.3 is 20.4 Å². The van der Waals surface area contributed by atoms with E-state index in [0.29, 0.717) is 28.7 Å². The minimum Gasteiger partial charge on any atom is -0.507 e. The third-order valence-electron chi connectivity index (χ3n) is 9.14. The van der Waals surface area contributed by atoms with Gasteiger partial charge in [-0.1, -0.05) is 48.9 Å². The highest BCUT2D eigenvalue weighted by Crippen LogP contribution is 2.41. The molecule has 8 bridgehead atoms. The van der Waals surface area contributed by atoms with Crippen LogP contribution in [-0.2, 0) is 45.9 Å². The third kappa shape index (κ3) is 7.19. The van der Waals surface area contributed by atoms with Crippen LogP contribution in [-0.4, -0.2) is 52.2 Å². The second-order valence-electron chi connectivity index (χ2n) is 12.8. The van der Waals surface area contributed by atoms with Crippen molar-refractivity contribution in [3.63, 3.8) is 0 Å². The van der Waals surface area contributed by atoms with Crippen LogP contribution >= 0.6 is 0 Å². The first-order valence-electron chi connectivity index (χ1n) is 15.9. The average Bonchev–Trinajstić information content (AvgIpc) is 3.06. The van der Waals surface area contributed by atoms with E-state index in [1.165, 1.54) is 0 Å². The molecular formula is C38H34O11S2. The lowest BCUT2D eigenvalue weighted by atomic mass is 9.89. The van der Waals surface area contributed by atoms with Crippen LogP contribution in [0.25, 0.3) is 11.1 Å². The average molecular weight is 731 g/mol. The molecule has 6 rings (SSSR count). The lowest BCUT2D eigenvalue weighted by molar-refractivity contribution is 0.0988. The molecule has 0 unspecified atom stereocenters. The summed E-state index contributed by atoms with van der Waals surface area (Å²) < 4.78 is 69.8. The topological polar surface area (TPSA) is 207 Å². The van der Waals surface area contributed by atoms with Gasteiger partial charge in [-0.15, -0.1) is 0 Å². The Hall–Kier alpha value is -5.21. The van der Waals surface area contributed by atoms with E-state index in [1.54, 1.807) is 62.4 Å². The first kappa shape index (κ1) is 35.6. The van der Waals surface area contributed by atoms with Crippen molar-refractivity contribution in [1.29, 1.82) is 0 Å². The summed E-state index contributed by atoms with van der Waals surface area (Å²) in [6, 6.07) is 17.5. The molecule has 0 aliphatic heterocycles. The Morgan fingerprint density at radius 2 is 0.843 bits per heavy atom. The van der Waals surface area contributed by atoms with Crippen molar-refractivity contribution in [3.05, 3.63) is 128 Å². The number of ketones is 1. The number of Topliss-reactive ketones (excluding diaryl/α,β-unsaturated/α-hetero) is 1. The molecule has 13 heteroatoms. The fraction of sp³-hybridized carbons (Fsp3) is 0.184. The first-order valence-corrected chi connectivity index (χ1v) is 18.7. The molecule has 5 aromatic rings. The number of phenols is 4. The monoisotopic (exact) mass is 730 g/mol. The number of hydrogen-bond acceptors (Lipinski definition) is 9. The summed E-state index contributed by atoms with van der Waals surface area (Å²) in [7, 11) is -9.55. The van der Waals surface area contributed by atoms with Crippen LogP contribution in [0, 0.1) is 6.92 Å². The molecule has 0 heterocycles. The molecule has 0 atom stereocenters. The van der Waals surface area contributed by atoms with Crippen LogP contribution in [0.4, 0.5) is 0 Å². The van der Waals surface area contributed by atoms with E-state index in [4.69, 9.17) is 0 Å². The quantitative estimate of drug-likeness (QED) is 0.0864. The van der Waals surface area contributed by atoms with Crippen molar-refractivity contribution in [2.45, 2.75) is 55.7 Å². The van der Waals surface area contributed by atoms with Crippen molar-refractivity contribution in [2.75, 3.05) is 0 Å². The van der Waals surface area contributed by atoms with E-state index in [-0.39, 0.29) is 99.0 Å². The summed E-state index contributed by atoms with van der Waals surface area (Å²) in [5, 5.41) is 46.1. The molecule has 0 aromatic heterocycles. The van der Waals surface area contributed by atoms with Gasteiger partial charge in [-0.3, -0.25) is 13.9 Å². The molecule has 0 saturated heterocycles. The van der Waals surface area contributed by atoms with Crippen LogP contribution in [0.5, 0.6) is 23.0 Å². The molecule has 0 amide bonds. The molecule has 0 spiro atoms. The van der Waals surface area contributed by atoms with E-state index in [1.807, 2.05) is 0 Å². The molecule has 0 radical (unpaired) electrons. The number of rotatable bonds is 5. The van der Waals surface area contributed by atoms with Gasteiger partial charge in [-0.25, -0.2) is 0 Å². The van der Waals surface area contributed by atoms with E-state index in [9.17, 15) is 51.2 Å². The Morgan fingerprint density at radius 1 is 0.529 bits per heavy atom. The number of fused-ring (bicyclic) bond motifs is 8. The van der Waals surface area contributed by atoms with Gasteiger partial charge in [0.2, 0.25) is 0 Å². The Labute approximate surface area is 294 Å². The Morgan fingerprint density at radius 3 is 1.16 bits per heavy atom. The predicted molar refractivity (Wildman–Crippen MR) is 188 cm³/mol. The number of phenolic OH excluding ortho intramolecular Hbond substituents is 4. The normalized spacial score (nSPS) is 13.2. The number of benzene rings is 5. The molecular weight excluding hydrogens is 697 g/mol. The van der Waals surface area contributed by atoms with Gasteiger partial charge >= 0.3 is 0 Å². The third-order valence-corrected chi connectivity index (χ3v) is 10.8. The van der Waals surface area contributed by atoms with Crippen molar-refractivity contribution < 1.29 is 51.2 Å². The first-order chi connectivity index (χ1) is 23.9. The largest absolute Gasteiger partial charge is 0.507 e. The zero-order valence-corrected chi connectivity index (χ0v) is 29.1. The van der Waals surface area contributed by atoms with Gasteiger partial charge in [0.15, 0.2) is 5.78 Å². The number of carbonyl (C=O) groups is 1. The molecule has 1 aliphatic rings. The van der Waals surface area contributed by atoms with E-state index in [0.717, 1.165) is 24.3 Å². The summed E-state index contributed by atoms with van der Waals surface area (Å²) in [6.07, 6.45) is -0.613. The molecule has 0 fully saturated rings. The van der Waals surface area contributed by atoms with Gasteiger partial charge in [0.05, 0.1) is 9.79 Å². The summed E-state index contributed by atoms with van der Waals surface area (Å²) in [4.78, 5) is 11.3. The summed E-state index contributed by atoms with van der Waals surface area (Å²) >= 11 is 0. The fourth-order valence-corrected chi connectivity index (χ4v) is 7.73. The SMILES string of the molecule is CCC(=O)c1ccc(-c2cc3c(O)c(c2)Cc2cc(S(=O)(=O)O)cc(c2O)Cc2cc(C)cc(c2O)Cc2cc(S(=O)(=O)O)cc(c2O)C3)cc1. The van der Waals surface area contributed by atoms with Crippen molar-refractivity contribution >= 4 is 26.0 Å². The van der Waals surface area contributed by atoms with Gasteiger partial charge in [-0.2, -0.15) is 16.8 Å². The molecule has 5 aromatic carbocycles. The van der Waals surface area contributed by atoms with Gasteiger partial charge in [-0.05, 0) is 76.7 Å².